The first kappa shape index (κ1) is 14.7. The van der Waals surface area contributed by atoms with Crippen LogP contribution in [0.1, 0.15) is 13.3 Å². The topological polar surface area (TPSA) is 93.1 Å². The number of rotatable bonds is 7. The Labute approximate surface area is 106 Å². The molecule has 2 N–H and O–H groups in total. The summed E-state index contributed by atoms with van der Waals surface area (Å²) < 4.78 is 25.5. The highest BCUT2D eigenvalue weighted by Crippen LogP contribution is 1.93. The Morgan fingerprint density at radius 2 is 2.11 bits per heavy atom. The number of nitrogens with zero attached hydrogens (tertiary/aromatic N) is 2. The van der Waals surface area contributed by atoms with Crippen molar-refractivity contribution in [3.8, 4) is 0 Å². The van der Waals surface area contributed by atoms with Gasteiger partial charge in [-0.3, -0.25) is 4.79 Å². The molecule has 0 spiro atoms. The van der Waals surface area contributed by atoms with Crippen LogP contribution < -0.4 is 15.6 Å². The Morgan fingerprint density at radius 3 is 2.72 bits per heavy atom. The van der Waals surface area contributed by atoms with Crippen molar-refractivity contribution in [2.75, 3.05) is 24.7 Å². The molecule has 1 heterocycles. The lowest BCUT2D eigenvalue weighted by Crippen LogP contribution is -2.27. The van der Waals surface area contributed by atoms with E-state index < -0.39 is 10.0 Å². The van der Waals surface area contributed by atoms with E-state index in [2.05, 4.69) is 15.0 Å². The van der Waals surface area contributed by atoms with Crippen LogP contribution in [0.15, 0.2) is 17.2 Å². The van der Waals surface area contributed by atoms with Crippen LogP contribution >= 0.6 is 0 Å². The van der Waals surface area contributed by atoms with Crippen molar-refractivity contribution >= 4 is 15.8 Å². The molecule has 0 aliphatic rings. The summed E-state index contributed by atoms with van der Waals surface area (Å²) in [4.78, 5) is 15.7. The fourth-order valence-corrected chi connectivity index (χ4v) is 1.89. The first-order valence-electron chi connectivity index (χ1n) is 5.68. The zero-order valence-electron chi connectivity index (χ0n) is 10.5. The molecule has 8 heteroatoms. The Balaban J connectivity index is 2.43. The lowest BCUT2D eigenvalue weighted by Gasteiger charge is -2.07. The Morgan fingerprint density at radius 1 is 1.39 bits per heavy atom. The van der Waals surface area contributed by atoms with E-state index >= 15 is 0 Å². The quantitative estimate of drug-likeness (QED) is 0.661. The van der Waals surface area contributed by atoms with Gasteiger partial charge in [0.15, 0.2) is 5.82 Å². The number of aryl methyl sites for hydroxylation is 1. The second kappa shape index (κ2) is 6.50. The van der Waals surface area contributed by atoms with E-state index in [0.717, 1.165) is 6.26 Å². The highest BCUT2D eigenvalue weighted by atomic mass is 32.2. The third-order valence-electron chi connectivity index (χ3n) is 2.26. The SMILES string of the molecule is CCn1ccnc(NCCCNS(C)(=O)=O)c1=O. The van der Waals surface area contributed by atoms with E-state index in [1.807, 2.05) is 6.92 Å². The first-order chi connectivity index (χ1) is 8.44. The first-order valence-corrected chi connectivity index (χ1v) is 7.57. The molecule has 0 saturated heterocycles. The monoisotopic (exact) mass is 274 g/mol. The van der Waals surface area contributed by atoms with Crippen molar-refractivity contribution in [1.29, 1.82) is 0 Å². The molecule has 0 amide bonds. The zero-order chi connectivity index (χ0) is 13.6. The van der Waals surface area contributed by atoms with Gasteiger partial charge in [-0.1, -0.05) is 0 Å². The number of anilines is 1. The predicted molar refractivity (Wildman–Crippen MR) is 70.1 cm³/mol. The van der Waals surface area contributed by atoms with Gasteiger partial charge in [0.05, 0.1) is 6.26 Å². The molecule has 1 aromatic rings. The second-order valence-electron chi connectivity index (χ2n) is 3.81. The molecule has 0 saturated carbocycles. The maximum atomic E-state index is 11.7. The van der Waals surface area contributed by atoms with Crippen LogP contribution in [0.2, 0.25) is 0 Å². The summed E-state index contributed by atoms with van der Waals surface area (Å²) in [7, 11) is -3.15. The summed E-state index contributed by atoms with van der Waals surface area (Å²) in [6.45, 7) is 3.28. The number of hydrogen-bond donors (Lipinski definition) is 2. The molecule has 18 heavy (non-hydrogen) atoms. The van der Waals surface area contributed by atoms with Crippen LogP contribution in [0.3, 0.4) is 0 Å². The Hall–Kier alpha value is -1.41. The largest absolute Gasteiger partial charge is 0.365 e. The molecule has 1 rings (SSSR count). The Bertz CT molecular complexity index is 538. The van der Waals surface area contributed by atoms with Crippen molar-refractivity contribution in [1.82, 2.24) is 14.3 Å². The molecule has 0 aromatic carbocycles. The summed E-state index contributed by atoms with van der Waals surface area (Å²) >= 11 is 0. The number of hydrogen-bond acceptors (Lipinski definition) is 5. The summed E-state index contributed by atoms with van der Waals surface area (Å²) in [6.07, 6.45) is 4.87. The van der Waals surface area contributed by atoms with E-state index in [9.17, 15) is 13.2 Å². The van der Waals surface area contributed by atoms with Gasteiger partial charge in [0, 0.05) is 32.0 Å². The van der Waals surface area contributed by atoms with Crippen LogP contribution in [0.25, 0.3) is 0 Å². The second-order valence-corrected chi connectivity index (χ2v) is 5.65. The van der Waals surface area contributed by atoms with Crippen molar-refractivity contribution in [2.45, 2.75) is 19.9 Å². The fourth-order valence-electron chi connectivity index (χ4n) is 1.37. The van der Waals surface area contributed by atoms with Crippen molar-refractivity contribution in [2.24, 2.45) is 0 Å². The minimum Gasteiger partial charge on any atom is -0.365 e. The van der Waals surface area contributed by atoms with Gasteiger partial charge in [0.25, 0.3) is 5.56 Å². The average Bonchev–Trinajstić information content (AvgIpc) is 2.29. The Kier molecular flexibility index (Phi) is 5.29. The zero-order valence-corrected chi connectivity index (χ0v) is 11.3. The molecule has 102 valence electrons. The van der Waals surface area contributed by atoms with Crippen molar-refractivity contribution in [3.63, 3.8) is 0 Å². The molecule has 0 bridgehead atoms. The average molecular weight is 274 g/mol. The molecule has 0 unspecified atom stereocenters. The van der Waals surface area contributed by atoms with Crippen molar-refractivity contribution in [3.05, 3.63) is 22.7 Å². The molecule has 1 aromatic heterocycles. The highest BCUT2D eigenvalue weighted by molar-refractivity contribution is 7.88. The van der Waals surface area contributed by atoms with Crippen LogP contribution in [-0.2, 0) is 16.6 Å². The van der Waals surface area contributed by atoms with E-state index in [1.54, 1.807) is 17.0 Å². The molecular formula is C10H18N4O3S. The van der Waals surface area contributed by atoms with Gasteiger partial charge >= 0.3 is 0 Å². The standard InChI is InChI=1S/C10H18N4O3S/c1-3-14-8-7-12-9(10(14)15)11-5-4-6-13-18(2,16)17/h7-8,13H,3-6H2,1-2H3,(H,11,12). The normalized spacial score (nSPS) is 11.4. The van der Waals surface area contributed by atoms with Gasteiger partial charge < -0.3 is 9.88 Å². The van der Waals surface area contributed by atoms with Crippen LogP contribution in [0, 0.1) is 0 Å². The molecule has 0 aliphatic carbocycles. The molecule has 0 fully saturated rings. The minimum absolute atomic E-state index is 0.170. The number of sulfonamides is 1. The van der Waals surface area contributed by atoms with Gasteiger partial charge in [-0.25, -0.2) is 18.1 Å². The van der Waals surface area contributed by atoms with Crippen LogP contribution in [0.4, 0.5) is 5.82 Å². The van der Waals surface area contributed by atoms with Crippen LogP contribution in [-0.4, -0.2) is 37.3 Å². The maximum Gasteiger partial charge on any atom is 0.293 e. The smallest absolute Gasteiger partial charge is 0.293 e. The molecule has 0 aliphatic heterocycles. The number of aromatic nitrogens is 2. The summed E-state index contributed by atoms with van der Waals surface area (Å²) in [6, 6.07) is 0. The third kappa shape index (κ3) is 4.84. The summed E-state index contributed by atoms with van der Waals surface area (Å²) in [5.41, 5.74) is -0.170. The molecular weight excluding hydrogens is 256 g/mol. The summed E-state index contributed by atoms with van der Waals surface area (Å²) in [5, 5.41) is 2.89. The molecule has 7 nitrogen and oxygen atoms in total. The lowest BCUT2D eigenvalue weighted by atomic mass is 10.4. The molecule has 0 atom stereocenters. The minimum atomic E-state index is -3.15. The van der Waals surface area contributed by atoms with Gasteiger partial charge in [-0.2, -0.15) is 0 Å². The third-order valence-corrected chi connectivity index (χ3v) is 2.99. The van der Waals surface area contributed by atoms with Crippen LogP contribution in [0.5, 0.6) is 0 Å². The van der Waals surface area contributed by atoms with Gasteiger partial charge in [-0.05, 0) is 13.3 Å². The number of nitrogens with one attached hydrogen (secondary N) is 2. The van der Waals surface area contributed by atoms with Gasteiger partial charge in [0.2, 0.25) is 10.0 Å². The maximum absolute atomic E-state index is 11.7. The highest BCUT2D eigenvalue weighted by Gasteiger charge is 2.03. The van der Waals surface area contributed by atoms with E-state index in [4.69, 9.17) is 0 Å². The van der Waals surface area contributed by atoms with Gasteiger partial charge in [0.1, 0.15) is 0 Å². The van der Waals surface area contributed by atoms with E-state index in [0.29, 0.717) is 31.9 Å². The van der Waals surface area contributed by atoms with E-state index in [1.165, 1.54) is 0 Å². The van der Waals surface area contributed by atoms with Gasteiger partial charge in [-0.15, -0.1) is 0 Å². The summed E-state index contributed by atoms with van der Waals surface area (Å²) in [5.74, 6) is 0.290. The van der Waals surface area contributed by atoms with Crippen molar-refractivity contribution < 1.29 is 8.42 Å². The fraction of sp³-hybridized carbons (Fsp3) is 0.600. The van der Waals surface area contributed by atoms with E-state index in [-0.39, 0.29) is 5.56 Å². The predicted octanol–water partition coefficient (Wildman–Crippen LogP) is -0.386. The lowest BCUT2D eigenvalue weighted by molar-refractivity contribution is 0.586. The molecule has 0 radical (unpaired) electrons.